The highest BCUT2D eigenvalue weighted by molar-refractivity contribution is 5.89. The van der Waals surface area contributed by atoms with Crippen molar-refractivity contribution in [3.8, 4) is 5.69 Å². The van der Waals surface area contributed by atoms with E-state index in [1.54, 1.807) is 10.9 Å². The van der Waals surface area contributed by atoms with Gasteiger partial charge in [0.1, 0.15) is 11.5 Å². The van der Waals surface area contributed by atoms with E-state index in [-0.39, 0.29) is 11.6 Å². The first kappa shape index (κ1) is 12.8. The molecule has 1 saturated carbocycles. The average Bonchev–Trinajstić information content (AvgIpc) is 3.16. The summed E-state index contributed by atoms with van der Waals surface area (Å²) in [6.07, 6.45) is 5.63. The minimum atomic E-state index is -1.06. The van der Waals surface area contributed by atoms with Crippen LogP contribution >= 0.6 is 0 Å². The lowest BCUT2D eigenvalue weighted by Gasteiger charge is -2.09. The standard InChI is InChI=1S/C14H16N4O2/c1-8(2)13-15-7-11(12(16-13)14(19)20)18-6-5-10(17-18)9-3-4-9/h5-9H,3-4H2,1-2H3,(H,19,20). The van der Waals surface area contributed by atoms with Gasteiger partial charge in [-0.05, 0) is 18.9 Å². The lowest BCUT2D eigenvalue weighted by Crippen LogP contribution is -2.12. The van der Waals surface area contributed by atoms with Crippen LogP contribution in [0.15, 0.2) is 18.5 Å². The molecule has 0 aromatic carbocycles. The van der Waals surface area contributed by atoms with E-state index in [2.05, 4.69) is 15.1 Å². The predicted octanol–water partition coefficient (Wildman–Crippen LogP) is 2.36. The van der Waals surface area contributed by atoms with Crippen LogP contribution in [-0.4, -0.2) is 30.8 Å². The first-order chi connectivity index (χ1) is 9.56. The average molecular weight is 272 g/mol. The second kappa shape index (κ2) is 4.70. The lowest BCUT2D eigenvalue weighted by molar-refractivity contribution is 0.0689. The summed E-state index contributed by atoms with van der Waals surface area (Å²) < 4.78 is 1.56. The van der Waals surface area contributed by atoms with Crippen molar-refractivity contribution < 1.29 is 9.90 Å². The van der Waals surface area contributed by atoms with Gasteiger partial charge in [0.2, 0.25) is 0 Å². The largest absolute Gasteiger partial charge is 0.476 e. The molecule has 2 heterocycles. The number of carboxylic acids is 1. The van der Waals surface area contributed by atoms with Gasteiger partial charge in [0.05, 0.1) is 11.9 Å². The van der Waals surface area contributed by atoms with Gasteiger partial charge < -0.3 is 5.11 Å². The van der Waals surface area contributed by atoms with Crippen LogP contribution in [0.1, 0.15) is 60.5 Å². The van der Waals surface area contributed by atoms with Gasteiger partial charge in [-0.25, -0.2) is 19.4 Å². The third kappa shape index (κ3) is 2.29. The number of aromatic carboxylic acids is 1. The first-order valence-electron chi connectivity index (χ1n) is 6.72. The zero-order valence-electron chi connectivity index (χ0n) is 11.4. The minimum Gasteiger partial charge on any atom is -0.476 e. The lowest BCUT2D eigenvalue weighted by atomic mass is 10.2. The maximum Gasteiger partial charge on any atom is 0.356 e. The van der Waals surface area contributed by atoms with Gasteiger partial charge in [0, 0.05) is 18.0 Å². The molecule has 2 aromatic heterocycles. The first-order valence-corrected chi connectivity index (χ1v) is 6.72. The van der Waals surface area contributed by atoms with Crippen molar-refractivity contribution in [3.05, 3.63) is 35.7 Å². The molecule has 1 fully saturated rings. The van der Waals surface area contributed by atoms with E-state index >= 15 is 0 Å². The summed E-state index contributed by atoms with van der Waals surface area (Å²) in [6, 6.07) is 1.93. The fourth-order valence-electron chi connectivity index (χ4n) is 2.06. The van der Waals surface area contributed by atoms with Crippen molar-refractivity contribution >= 4 is 5.97 Å². The molecule has 1 aliphatic rings. The van der Waals surface area contributed by atoms with Crippen LogP contribution in [0.5, 0.6) is 0 Å². The Labute approximate surface area is 116 Å². The van der Waals surface area contributed by atoms with Crippen LogP contribution in [0.4, 0.5) is 0 Å². The molecule has 20 heavy (non-hydrogen) atoms. The maximum atomic E-state index is 11.4. The molecular weight excluding hydrogens is 256 g/mol. The zero-order valence-corrected chi connectivity index (χ0v) is 11.4. The van der Waals surface area contributed by atoms with Gasteiger partial charge in [-0.3, -0.25) is 0 Å². The van der Waals surface area contributed by atoms with Gasteiger partial charge in [-0.2, -0.15) is 5.10 Å². The maximum absolute atomic E-state index is 11.4. The fraction of sp³-hybridized carbons (Fsp3) is 0.429. The number of rotatable bonds is 4. The molecule has 0 unspecified atom stereocenters. The smallest absolute Gasteiger partial charge is 0.356 e. The molecule has 0 spiro atoms. The summed E-state index contributed by atoms with van der Waals surface area (Å²) in [7, 11) is 0. The SMILES string of the molecule is CC(C)c1ncc(-n2ccc(C3CC3)n2)c(C(=O)O)n1. The van der Waals surface area contributed by atoms with Crippen molar-refractivity contribution in [3.63, 3.8) is 0 Å². The summed E-state index contributed by atoms with van der Waals surface area (Å²) in [5.74, 6) is 0.0793. The molecule has 0 radical (unpaired) electrons. The van der Waals surface area contributed by atoms with E-state index in [1.165, 1.54) is 6.20 Å². The van der Waals surface area contributed by atoms with Crippen molar-refractivity contribution in [2.75, 3.05) is 0 Å². The highest BCUT2D eigenvalue weighted by Gasteiger charge is 2.26. The molecule has 0 amide bonds. The molecule has 104 valence electrons. The topological polar surface area (TPSA) is 80.9 Å². The number of hydrogen-bond donors (Lipinski definition) is 1. The number of aromatic nitrogens is 4. The molecule has 0 bridgehead atoms. The van der Waals surface area contributed by atoms with Gasteiger partial charge >= 0.3 is 5.97 Å². The number of carbonyl (C=O) groups is 1. The van der Waals surface area contributed by atoms with E-state index < -0.39 is 5.97 Å². The van der Waals surface area contributed by atoms with Crippen LogP contribution in [0.3, 0.4) is 0 Å². The van der Waals surface area contributed by atoms with Crippen molar-refractivity contribution in [2.45, 2.75) is 38.5 Å². The normalized spacial score (nSPS) is 14.8. The summed E-state index contributed by atoms with van der Waals surface area (Å²) >= 11 is 0. The summed E-state index contributed by atoms with van der Waals surface area (Å²) in [5, 5.41) is 13.8. The second-order valence-electron chi connectivity index (χ2n) is 5.38. The van der Waals surface area contributed by atoms with Crippen molar-refractivity contribution in [1.29, 1.82) is 0 Å². The van der Waals surface area contributed by atoms with Crippen molar-refractivity contribution in [1.82, 2.24) is 19.7 Å². The summed E-state index contributed by atoms with van der Waals surface area (Å²) in [4.78, 5) is 19.8. The predicted molar refractivity (Wildman–Crippen MR) is 72.2 cm³/mol. The van der Waals surface area contributed by atoms with Crippen LogP contribution < -0.4 is 0 Å². The Morgan fingerprint density at radius 1 is 1.45 bits per heavy atom. The number of nitrogens with zero attached hydrogens (tertiary/aromatic N) is 4. The molecule has 6 nitrogen and oxygen atoms in total. The Bertz CT molecular complexity index is 659. The monoisotopic (exact) mass is 272 g/mol. The molecule has 6 heteroatoms. The van der Waals surface area contributed by atoms with Crippen LogP contribution in [0.25, 0.3) is 5.69 Å². The van der Waals surface area contributed by atoms with Gasteiger partial charge in [-0.1, -0.05) is 13.8 Å². The van der Waals surface area contributed by atoms with Gasteiger partial charge in [0.15, 0.2) is 5.69 Å². The Morgan fingerprint density at radius 2 is 2.20 bits per heavy atom. The molecule has 0 saturated heterocycles. The molecular formula is C14H16N4O2. The summed E-state index contributed by atoms with van der Waals surface area (Å²) in [6.45, 7) is 3.86. The zero-order chi connectivity index (χ0) is 14.3. The Balaban J connectivity index is 2.04. The second-order valence-corrected chi connectivity index (χ2v) is 5.38. The fourth-order valence-corrected chi connectivity index (χ4v) is 2.06. The van der Waals surface area contributed by atoms with Crippen molar-refractivity contribution in [2.24, 2.45) is 0 Å². The van der Waals surface area contributed by atoms with E-state index in [9.17, 15) is 9.90 Å². The molecule has 1 N–H and O–H groups in total. The highest BCUT2D eigenvalue weighted by Crippen LogP contribution is 2.39. The third-order valence-corrected chi connectivity index (χ3v) is 3.36. The van der Waals surface area contributed by atoms with E-state index in [0.717, 1.165) is 18.5 Å². The molecule has 0 aliphatic heterocycles. The Kier molecular flexibility index (Phi) is 3.00. The van der Waals surface area contributed by atoms with Crippen LogP contribution in [0.2, 0.25) is 0 Å². The van der Waals surface area contributed by atoms with E-state index in [4.69, 9.17) is 0 Å². The van der Waals surface area contributed by atoms with E-state index in [1.807, 2.05) is 19.9 Å². The molecule has 0 atom stereocenters. The van der Waals surface area contributed by atoms with Crippen LogP contribution in [0, 0.1) is 0 Å². The molecule has 1 aliphatic carbocycles. The Morgan fingerprint density at radius 3 is 2.80 bits per heavy atom. The minimum absolute atomic E-state index is 0.00542. The Hall–Kier alpha value is -2.24. The number of hydrogen-bond acceptors (Lipinski definition) is 4. The van der Waals surface area contributed by atoms with Crippen LogP contribution in [-0.2, 0) is 0 Å². The quantitative estimate of drug-likeness (QED) is 0.924. The van der Waals surface area contributed by atoms with E-state index in [0.29, 0.717) is 17.4 Å². The molecule has 2 aromatic rings. The molecule has 3 rings (SSSR count). The number of carboxylic acid groups (broad SMARTS) is 1. The van der Waals surface area contributed by atoms with Gasteiger partial charge in [-0.15, -0.1) is 0 Å². The summed E-state index contributed by atoms with van der Waals surface area (Å²) in [5.41, 5.74) is 1.41. The van der Waals surface area contributed by atoms with Gasteiger partial charge in [0.25, 0.3) is 0 Å². The highest BCUT2D eigenvalue weighted by atomic mass is 16.4. The third-order valence-electron chi connectivity index (χ3n) is 3.36.